The Labute approximate surface area is 201 Å². The van der Waals surface area contributed by atoms with Crippen LogP contribution in [0.1, 0.15) is 17.4 Å². The topological polar surface area (TPSA) is 84.2 Å². The molecule has 8 nitrogen and oxygen atoms in total. The summed E-state index contributed by atoms with van der Waals surface area (Å²) < 4.78 is 45.0. The molecule has 0 bridgehead atoms. The number of benzene rings is 2. The van der Waals surface area contributed by atoms with Crippen molar-refractivity contribution in [2.24, 2.45) is 0 Å². The van der Waals surface area contributed by atoms with Gasteiger partial charge in [0.1, 0.15) is 17.3 Å². The van der Waals surface area contributed by atoms with Crippen LogP contribution in [0.4, 0.5) is 5.69 Å². The maximum Gasteiger partial charge on any atom is 0.240 e. The van der Waals surface area contributed by atoms with Gasteiger partial charge in [-0.05, 0) is 67.1 Å². The summed E-state index contributed by atoms with van der Waals surface area (Å²) in [7, 11) is -0.463. The quantitative estimate of drug-likeness (QED) is 0.497. The Morgan fingerprint density at radius 1 is 1.00 bits per heavy atom. The highest BCUT2D eigenvalue weighted by atomic mass is 32.2. The first-order chi connectivity index (χ1) is 16.4. The molecule has 2 heterocycles. The molecule has 0 saturated carbocycles. The van der Waals surface area contributed by atoms with E-state index in [-0.39, 0.29) is 17.5 Å². The number of hydrogen-bond donors (Lipinski definition) is 1. The number of hydrogen-bond acceptors (Lipinski definition) is 7. The van der Waals surface area contributed by atoms with Gasteiger partial charge in [0, 0.05) is 38.4 Å². The van der Waals surface area contributed by atoms with Crippen LogP contribution in [0.25, 0.3) is 0 Å². The van der Waals surface area contributed by atoms with Crippen LogP contribution in [0, 0.1) is 6.92 Å². The summed E-state index contributed by atoms with van der Waals surface area (Å²) >= 11 is 0. The van der Waals surface area contributed by atoms with Gasteiger partial charge >= 0.3 is 0 Å². The Morgan fingerprint density at radius 2 is 1.74 bits per heavy atom. The number of ether oxygens (including phenoxy) is 2. The lowest BCUT2D eigenvalue weighted by atomic mass is 10.1. The SMILES string of the molecule is COc1ccc(N2CCN([C@@H](CNS(=O)(=O)c3ccc(OC)c(C)c3)c3ccco3)CC2)cc1. The molecule has 1 atom stereocenters. The lowest BCUT2D eigenvalue weighted by Crippen LogP contribution is -2.49. The third-order valence-corrected chi connectivity index (χ3v) is 7.63. The van der Waals surface area contributed by atoms with Crippen LogP contribution in [0.3, 0.4) is 0 Å². The molecule has 4 rings (SSSR count). The first-order valence-electron chi connectivity index (χ1n) is 11.2. The molecule has 0 unspecified atom stereocenters. The van der Waals surface area contributed by atoms with Gasteiger partial charge in [0.15, 0.2) is 0 Å². The molecule has 1 saturated heterocycles. The van der Waals surface area contributed by atoms with E-state index in [4.69, 9.17) is 13.9 Å². The number of anilines is 1. The number of nitrogens with zero attached hydrogens (tertiary/aromatic N) is 2. The van der Waals surface area contributed by atoms with Crippen molar-refractivity contribution in [1.29, 1.82) is 0 Å². The van der Waals surface area contributed by atoms with Gasteiger partial charge in [-0.1, -0.05) is 0 Å². The van der Waals surface area contributed by atoms with Crippen LogP contribution in [-0.2, 0) is 10.0 Å². The van der Waals surface area contributed by atoms with Crippen LogP contribution in [-0.4, -0.2) is 60.3 Å². The summed E-state index contributed by atoms with van der Waals surface area (Å²) in [6.45, 7) is 5.25. The molecular formula is C25H31N3O5S. The van der Waals surface area contributed by atoms with E-state index in [1.807, 2.05) is 31.2 Å². The highest BCUT2D eigenvalue weighted by Crippen LogP contribution is 2.27. The van der Waals surface area contributed by atoms with E-state index in [1.54, 1.807) is 38.7 Å². The molecule has 2 aromatic carbocycles. The minimum atomic E-state index is -3.69. The standard InChI is InChI=1S/C25H31N3O5S/c1-19-17-22(10-11-24(19)32-3)34(29,30)26-18-23(25-5-4-16-33-25)28-14-12-27(13-15-28)20-6-8-21(31-2)9-7-20/h4-11,16-17,23,26H,12-15,18H2,1-3H3/t23-/m0/s1. The van der Waals surface area contributed by atoms with Crippen molar-refractivity contribution in [3.63, 3.8) is 0 Å². The summed E-state index contributed by atoms with van der Waals surface area (Å²) in [4.78, 5) is 4.80. The molecule has 9 heteroatoms. The Balaban J connectivity index is 1.44. The van der Waals surface area contributed by atoms with Crippen molar-refractivity contribution in [1.82, 2.24) is 9.62 Å². The molecule has 1 aliphatic rings. The average molecular weight is 486 g/mol. The number of sulfonamides is 1. The number of nitrogens with one attached hydrogen (secondary N) is 1. The smallest absolute Gasteiger partial charge is 0.240 e. The van der Waals surface area contributed by atoms with E-state index in [0.717, 1.165) is 48.9 Å². The summed E-state index contributed by atoms with van der Waals surface area (Å²) in [5.74, 6) is 2.23. The van der Waals surface area contributed by atoms with Crippen LogP contribution in [0.15, 0.2) is 70.2 Å². The zero-order chi connectivity index (χ0) is 24.1. The summed E-state index contributed by atoms with van der Waals surface area (Å²) in [5, 5.41) is 0. The second kappa shape index (κ2) is 10.5. The monoisotopic (exact) mass is 485 g/mol. The molecule has 0 spiro atoms. The second-order valence-corrected chi connectivity index (χ2v) is 10.0. The van der Waals surface area contributed by atoms with E-state index in [1.165, 1.54) is 0 Å². The molecule has 0 radical (unpaired) electrons. The average Bonchev–Trinajstić information content (AvgIpc) is 3.39. The minimum Gasteiger partial charge on any atom is -0.497 e. The molecule has 34 heavy (non-hydrogen) atoms. The predicted octanol–water partition coefficient (Wildman–Crippen LogP) is 3.45. The summed E-state index contributed by atoms with van der Waals surface area (Å²) in [6.07, 6.45) is 1.62. The molecule has 0 amide bonds. The fraction of sp³-hybridized carbons (Fsp3) is 0.360. The van der Waals surface area contributed by atoms with E-state index in [0.29, 0.717) is 5.75 Å². The summed E-state index contributed by atoms with van der Waals surface area (Å²) in [5.41, 5.74) is 1.91. The molecule has 3 aromatic rings. The highest BCUT2D eigenvalue weighted by molar-refractivity contribution is 7.89. The fourth-order valence-electron chi connectivity index (χ4n) is 4.27. The van der Waals surface area contributed by atoms with E-state index in [2.05, 4.69) is 26.7 Å². The molecule has 1 aromatic heterocycles. The first kappa shape index (κ1) is 24.1. The normalized spacial score (nSPS) is 15.8. The number of rotatable bonds is 9. The zero-order valence-electron chi connectivity index (χ0n) is 19.7. The highest BCUT2D eigenvalue weighted by Gasteiger charge is 2.29. The van der Waals surface area contributed by atoms with Crippen molar-refractivity contribution >= 4 is 15.7 Å². The van der Waals surface area contributed by atoms with Gasteiger partial charge in [0.2, 0.25) is 10.0 Å². The Bertz CT molecular complexity index is 1170. The number of aryl methyl sites for hydroxylation is 1. The Kier molecular flexibility index (Phi) is 7.45. The zero-order valence-corrected chi connectivity index (χ0v) is 20.5. The van der Waals surface area contributed by atoms with Gasteiger partial charge in [0.05, 0.1) is 31.4 Å². The van der Waals surface area contributed by atoms with Gasteiger partial charge in [-0.15, -0.1) is 0 Å². The number of piperazine rings is 1. The fourth-order valence-corrected chi connectivity index (χ4v) is 5.39. The molecule has 1 fully saturated rings. The minimum absolute atomic E-state index is 0.206. The van der Waals surface area contributed by atoms with Crippen molar-refractivity contribution in [3.05, 3.63) is 72.2 Å². The van der Waals surface area contributed by atoms with E-state index >= 15 is 0 Å². The number of methoxy groups -OCH3 is 2. The van der Waals surface area contributed by atoms with Gasteiger partial charge in [-0.2, -0.15) is 0 Å². The van der Waals surface area contributed by atoms with Crippen molar-refractivity contribution in [2.45, 2.75) is 17.9 Å². The van der Waals surface area contributed by atoms with Gasteiger partial charge in [0.25, 0.3) is 0 Å². The molecule has 0 aliphatic carbocycles. The molecule has 1 N–H and O–H groups in total. The lowest BCUT2D eigenvalue weighted by Gasteiger charge is -2.39. The first-order valence-corrected chi connectivity index (χ1v) is 12.7. The third-order valence-electron chi connectivity index (χ3n) is 6.21. The Morgan fingerprint density at radius 3 is 2.32 bits per heavy atom. The lowest BCUT2D eigenvalue weighted by molar-refractivity contribution is 0.166. The van der Waals surface area contributed by atoms with Gasteiger partial charge < -0.3 is 18.8 Å². The number of furan rings is 1. The van der Waals surface area contributed by atoms with Crippen LogP contribution >= 0.6 is 0 Å². The molecule has 182 valence electrons. The van der Waals surface area contributed by atoms with E-state index < -0.39 is 10.0 Å². The van der Waals surface area contributed by atoms with Crippen molar-refractivity contribution in [2.75, 3.05) is 51.8 Å². The third kappa shape index (κ3) is 5.38. The molecular weight excluding hydrogens is 454 g/mol. The Hall–Kier alpha value is -3.01. The van der Waals surface area contributed by atoms with E-state index in [9.17, 15) is 8.42 Å². The van der Waals surface area contributed by atoms with Crippen LogP contribution < -0.4 is 19.1 Å². The van der Waals surface area contributed by atoms with Gasteiger partial charge in [-0.25, -0.2) is 13.1 Å². The summed E-state index contributed by atoms with van der Waals surface area (Å²) in [6, 6.07) is 16.4. The van der Waals surface area contributed by atoms with Crippen molar-refractivity contribution < 1.29 is 22.3 Å². The van der Waals surface area contributed by atoms with Crippen LogP contribution in [0.2, 0.25) is 0 Å². The van der Waals surface area contributed by atoms with Crippen LogP contribution in [0.5, 0.6) is 11.5 Å². The predicted molar refractivity (Wildman–Crippen MR) is 131 cm³/mol. The second-order valence-electron chi connectivity index (χ2n) is 8.24. The largest absolute Gasteiger partial charge is 0.497 e. The molecule has 1 aliphatic heterocycles. The maximum atomic E-state index is 13.0. The van der Waals surface area contributed by atoms with Crippen molar-refractivity contribution in [3.8, 4) is 11.5 Å². The maximum absolute atomic E-state index is 13.0. The van der Waals surface area contributed by atoms with Gasteiger partial charge in [-0.3, -0.25) is 4.90 Å².